The van der Waals surface area contributed by atoms with Crippen molar-refractivity contribution in [3.05, 3.63) is 59.5 Å². The summed E-state index contributed by atoms with van der Waals surface area (Å²) in [5.41, 5.74) is -0.816. The number of hydrogen-bond acceptors (Lipinski definition) is 6. The molecular weight excluding hydrogens is 438 g/mol. The molecule has 0 unspecified atom stereocenters. The lowest BCUT2D eigenvalue weighted by molar-refractivity contribution is -0.142. The van der Waals surface area contributed by atoms with Gasteiger partial charge in [0.25, 0.3) is 5.91 Å². The monoisotopic (exact) mass is 465 g/mol. The van der Waals surface area contributed by atoms with Gasteiger partial charge in [-0.2, -0.15) is 5.26 Å². The largest absolute Gasteiger partial charge is 0.481 e. The minimum Gasteiger partial charge on any atom is -0.481 e. The van der Waals surface area contributed by atoms with Crippen molar-refractivity contribution in [1.82, 2.24) is 9.80 Å². The van der Waals surface area contributed by atoms with Crippen molar-refractivity contribution in [2.75, 3.05) is 26.8 Å². The highest BCUT2D eigenvalue weighted by Crippen LogP contribution is 2.51. The molecule has 1 aromatic heterocycles. The van der Waals surface area contributed by atoms with Gasteiger partial charge in [-0.1, -0.05) is 6.07 Å². The molecule has 1 N–H and O–H groups in total. The molecule has 0 radical (unpaired) electrons. The van der Waals surface area contributed by atoms with Gasteiger partial charge < -0.3 is 24.1 Å². The first kappa shape index (κ1) is 23.5. The molecule has 34 heavy (non-hydrogen) atoms. The van der Waals surface area contributed by atoms with Crippen molar-refractivity contribution in [2.24, 2.45) is 5.92 Å². The number of carboxylic acid groups (broad SMARTS) is 1. The van der Waals surface area contributed by atoms with E-state index in [1.165, 1.54) is 17.2 Å². The number of carboxylic acids is 1. The number of benzene rings is 1. The smallest absolute Gasteiger partial charge is 0.309 e. The van der Waals surface area contributed by atoms with Crippen LogP contribution in [0.15, 0.2) is 47.1 Å². The highest BCUT2D eigenvalue weighted by atomic mass is 16.5. The molecule has 9 heteroatoms. The van der Waals surface area contributed by atoms with E-state index in [9.17, 15) is 24.8 Å². The Morgan fingerprint density at radius 2 is 2.12 bits per heavy atom. The van der Waals surface area contributed by atoms with Crippen LogP contribution in [0.5, 0.6) is 0 Å². The lowest BCUT2D eigenvalue weighted by Gasteiger charge is -2.41. The van der Waals surface area contributed by atoms with E-state index < -0.39 is 29.4 Å². The second-order valence-electron chi connectivity index (χ2n) is 8.75. The highest BCUT2D eigenvalue weighted by Gasteiger charge is 2.62. The quantitative estimate of drug-likeness (QED) is 0.696. The number of rotatable bonds is 6. The SMILES string of the molecule is COCCN1CCCC[C@]2(C[C@H](C(=O)O)[C@H](c3ccco3)N2C(=O)c2cccc(C#N)c2)C1=O. The molecule has 0 aliphatic carbocycles. The predicted octanol–water partition coefficient (Wildman–Crippen LogP) is 2.84. The topological polar surface area (TPSA) is 124 Å². The fraction of sp³-hybridized carbons (Fsp3) is 0.440. The summed E-state index contributed by atoms with van der Waals surface area (Å²) in [6.07, 6.45) is 3.17. The number of nitrogens with zero attached hydrogens (tertiary/aromatic N) is 3. The van der Waals surface area contributed by atoms with Gasteiger partial charge in [0.2, 0.25) is 5.91 Å². The number of likely N-dealkylation sites (tertiary alicyclic amines) is 2. The summed E-state index contributed by atoms with van der Waals surface area (Å²) in [6.45, 7) is 1.20. The Kier molecular flexibility index (Phi) is 6.70. The molecule has 1 aromatic carbocycles. The van der Waals surface area contributed by atoms with E-state index in [0.29, 0.717) is 43.9 Å². The molecule has 2 saturated heterocycles. The Balaban J connectivity index is 1.87. The number of hydrogen-bond donors (Lipinski definition) is 1. The van der Waals surface area contributed by atoms with Crippen molar-refractivity contribution in [3.63, 3.8) is 0 Å². The summed E-state index contributed by atoms with van der Waals surface area (Å²) in [6, 6.07) is 10.6. The molecule has 178 valence electrons. The summed E-state index contributed by atoms with van der Waals surface area (Å²) in [7, 11) is 1.55. The van der Waals surface area contributed by atoms with Gasteiger partial charge >= 0.3 is 5.97 Å². The number of carbonyl (C=O) groups excluding carboxylic acids is 2. The Labute approximate surface area is 197 Å². The van der Waals surface area contributed by atoms with Crippen LogP contribution in [0, 0.1) is 17.2 Å². The Bertz CT molecular complexity index is 1110. The van der Waals surface area contributed by atoms with Crippen LogP contribution in [0.4, 0.5) is 0 Å². The minimum atomic E-state index is -1.34. The third-order valence-corrected chi connectivity index (χ3v) is 6.81. The average molecular weight is 466 g/mol. The van der Waals surface area contributed by atoms with E-state index in [-0.39, 0.29) is 17.9 Å². The number of methoxy groups -OCH3 is 1. The first-order valence-electron chi connectivity index (χ1n) is 11.3. The zero-order valence-corrected chi connectivity index (χ0v) is 19.0. The molecule has 4 rings (SSSR count). The first-order valence-corrected chi connectivity index (χ1v) is 11.3. The van der Waals surface area contributed by atoms with E-state index in [4.69, 9.17) is 9.15 Å². The molecular formula is C25H27N3O6. The maximum absolute atomic E-state index is 14.0. The van der Waals surface area contributed by atoms with Crippen LogP contribution in [0.3, 0.4) is 0 Å². The molecule has 2 amide bonds. The van der Waals surface area contributed by atoms with Gasteiger partial charge in [0.1, 0.15) is 17.3 Å². The lowest BCUT2D eigenvalue weighted by atomic mass is 9.85. The van der Waals surface area contributed by atoms with E-state index in [0.717, 1.165) is 6.42 Å². The molecule has 1 spiro atoms. The molecule has 9 nitrogen and oxygen atoms in total. The second kappa shape index (κ2) is 9.69. The van der Waals surface area contributed by atoms with Gasteiger partial charge in [-0.05, 0) is 56.0 Å². The van der Waals surface area contributed by atoms with Crippen LogP contribution in [-0.2, 0) is 14.3 Å². The first-order chi connectivity index (χ1) is 16.4. The zero-order chi connectivity index (χ0) is 24.3. The van der Waals surface area contributed by atoms with Crippen LogP contribution in [-0.4, -0.2) is 65.0 Å². The molecule has 2 aliphatic rings. The Morgan fingerprint density at radius 3 is 2.79 bits per heavy atom. The highest BCUT2D eigenvalue weighted by molar-refractivity contribution is 6.01. The zero-order valence-electron chi connectivity index (χ0n) is 19.0. The molecule has 2 fully saturated rings. The van der Waals surface area contributed by atoms with E-state index >= 15 is 0 Å². The molecule has 0 bridgehead atoms. The number of aliphatic carboxylic acids is 1. The molecule has 3 heterocycles. The summed E-state index contributed by atoms with van der Waals surface area (Å²) in [5, 5.41) is 19.5. The normalized spacial score (nSPS) is 24.8. The Hall–Kier alpha value is -3.64. The number of carbonyl (C=O) groups is 3. The maximum atomic E-state index is 14.0. The average Bonchev–Trinajstić information content (AvgIpc) is 3.46. The van der Waals surface area contributed by atoms with Crippen LogP contribution >= 0.6 is 0 Å². The summed E-state index contributed by atoms with van der Waals surface area (Å²) in [4.78, 5) is 43.6. The van der Waals surface area contributed by atoms with Crippen LogP contribution in [0.2, 0.25) is 0 Å². The van der Waals surface area contributed by atoms with Gasteiger partial charge in [-0.25, -0.2) is 0 Å². The van der Waals surface area contributed by atoms with E-state index in [1.54, 1.807) is 42.3 Å². The number of furan rings is 1. The third kappa shape index (κ3) is 4.05. The van der Waals surface area contributed by atoms with Crippen molar-refractivity contribution in [2.45, 2.75) is 37.3 Å². The summed E-state index contributed by atoms with van der Waals surface area (Å²) in [5.74, 6) is -2.58. The predicted molar refractivity (Wildman–Crippen MR) is 120 cm³/mol. The molecule has 0 saturated carbocycles. The number of amides is 2. The summed E-state index contributed by atoms with van der Waals surface area (Å²) >= 11 is 0. The van der Waals surface area contributed by atoms with Gasteiger partial charge in [0.05, 0.1) is 30.4 Å². The Morgan fingerprint density at radius 1 is 1.29 bits per heavy atom. The number of nitriles is 1. The van der Waals surface area contributed by atoms with E-state index in [1.807, 2.05) is 6.07 Å². The fourth-order valence-electron chi connectivity index (χ4n) is 5.26. The van der Waals surface area contributed by atoms with Crippen molar-refractivity contribution in [3.8, 4) is 6.07 Å². The molecule has 3 atom stereocenters. The number of ether oxygens (including phenoxy) is 1. The van der Waals surface area contributed by atoms with Crippen LogP contribution in [0.1, 0.15) is 53.4 Å². The van der Waals surface area contributed by atoms with Crippen molar-refractivity contribution in [1.29, 1.82) is 5.26 Å². The van der Waals surface area contributed by atoms with Crippen molar-refractivity contribution < 1.29 is 28.6 Å². The third-order valence-electron chi connectivity index (χ3n) is 6.81. The second-order valence-corrected chi connectivity index (χ2v) is 8.75. The van der Waals surface area contributed by atoms with E-state index in [2.05, 4.69) is 0 Å². The van der Waals surface area contributed by atoms with Gasteiger partial charge in [0, 0.05) is 25.8 Å². The standard InChI is InChI=1S/C25H27N3O6/c1-33-13-11-27-10-3-2-9-25(24(27)32)15-19(23(30)31)21(20-8-5-12-34-20)28(25)22(29)18-7-4-6-17(14-18)16-26/h4-8,12,14,19,21H,2-3,9-11,13,15H2,1H3,(H,30,31)/t19-,21+,25-/m0/s1. The van der Waals surface area contributed by atoms with Crippen LogP contribution in [0.25, 0.3) is 0 Å². The molecule has 2 aliphatic heterocycles. The molecule has 2 aromatic rings. The van der Waals surface area contributed by atoms with Crippen molar-refractivity contribution >= 4 is 17.8 Å². The fourth-order valence-corrected chi connectivity index (χ4v) is 5.26. The van der Waals surface area contributed by atoms with Gasteiger partial charge in [-0.3, -0.25) is 14.4 Å². The maximum Gasteiger partial charge on any atom is 0.309 e. The van der Waals surface area contributed by atoms with Gasteiger partial charge in [0.15, 0.2) is 0 Å². The summed E-state index contributed by atoms with van der Waals surface area (Å²) < 4.78 is 10.8. The van der Waals surface area contributed by atoms with Crippen LogP contribution < -0.4 is 0 Å². The van der Waals surface area contributed by atoms with Gasteiger partial charge in [-0.15, -0.1) is 0 Å². The lowest BCUT2D eigenvalue weighted by Crippen LogP contribution is -2.58. The minimum absolute atomic E-state index is 0.0142.